The lowest BCUT2D eigenvalue weighted by molar-refractivity contribution is 0.392. The zero-order valence-electron chi connectivity index (χ0n) is 13.9. The standard InChI is InChI=1S/C19H21Cl2N3/c1-3-12(9-13-5-6-14(20)10-16(13)21)15(4-2)18-19-17(7-8-22-18)23-11-24-19/h5-8,10-12,15H,3-4,9H2,1-2H3,(H,23,24). The summed E-state index contributed by atoms with van der Waals surface area (Å²) in [6, 6.07) is 7.72. The molecule has 0 saturated carbocycles. The molecule has 0 saturated heterocycles. The van der Waals surface area contributed by atoms with E-state index in [0.717, 1.165) is 46.6 Å². The largest absolute Gasteiger partial charge is 0.344 e. The van der Waals surface area contributed by atoms with Gasteiger partial charge >= 0.3 is 0 Å². The fraction of sp³-hybridized carbons (Fsp3) is 0.368. The summed E-state index contributed by atoms with van der Waals surface area (Å²) in [4.78, 5) is 12.3. The number of nitrogens with zero attached hydrogens (tertiary/aromatic N) is 2. The molecule has 0 aliphatic rings. The summed E-state index contributed by atoms with van der Waals surface area (Å²) < 4.78 is 0. The lowest BCUT2D eigenvalue weighted by atomic mass is 9.80. The lowest BCUT2D eigenvalue weighted by Crippen LogP contribution is -2.16. The molecule has 0 radical (unpaired) electrons. The van der Waals surface area contributed by atoms with Gasteiger partial charge in [0.2, 0.25) is 0 Å². The molecule has 0 amide bonds. The summed E-state index contributed by atoms with van der Waals surface area (Å²) in [7, 11) is 0. The number of rotatable bonds is 6. The second-order valence-electron chi connectivity index (χ2n) is 6.12. The number of aromatic amines is 1. The van der Waals surface area contributed by atoms with Gasteiger partial charge in [-0.25, -0.2) is 4.98 Å². The molecule has 1 aromatic carbocycles. The Morgan fingerprint density at radius 1 is 1.08 bits per heavy atom. The van der Waals surface area contributed by atoms with Gasteiger partial charge in [-0.05, 0) is 42.5 Å². The number of H-pyrrole nitrogens is 1. The van der Waals surface area contributed by atoms with Gasteiger partial charge in [0.1, 0.15) is 5.52 Å². The van der Waals surface area contributed by atoms with Crippen molar-refractivity contribution in [3.05, 3.63) is 58.1 Å². The molecule has 3 rings (SSSR count). The average molecular weight is 362 g/mol. The topological polar surface area (TPSA) is 41.6 Å². The molecule has 0 spiro atoms. The van der Waals surface area contributed by atoms with E-state index in [1.54, 1.807) is 6.33 Å². The Bertz CT molecular complexity index is 828. The number of benzene rings is 1. The van der Waals surface area contributed by atoms with Crippen molar-refractivity contribution < 1.29 is 0 Å². The molecule has 0 bridgehead atoms. The van der Waals surface area contributed by atoms with Crippen molar-refractivity contribution in [3.63, 3.8) is 0 Å². The highest BCUT2D eigenvalue weighted by Crippen LogP contribution is 2.36. The molecular weight excluding hydrogens is 341 g/mol. The number of nitrogens with one attached hydrogen (secondary N) is 1. The smallest absolute Gasteiger partial charge is 0.110 e. The molecule has 2 aromatic heterocycles. The number of imidazole rings is 1. The number of hydrogen-bond acceptors (Lipinski definition) is 2. The van der Waals surface area contributed by atoms with Gasteiger partial charge in [0, 0.05) is 22.2 Å². The van der Waals surface area contributed by atoms with E-state index in [4.69, 9.17) is 23.2 Å². The minimum absolute atomic E-state index is 0.341. The first-order chi connectivity index (χ1) is 11.6. The molecule has 24 heavy (non-hydrogen) atoms. The van der Waals surface area contributed by atoms with Gasteiger partial charge < -0.3 is 4.98 Å². The van der Waals surface area contributed by atoms with Crippen molar-refractivity contribution in [1.82, 2.24) is 15.0 Å². The number of halogens is 2. The van der Waals surface area contributed by atoms with Crippen LogP contribution in [0.2, 0.25) is 10.0 Å². The fourth-order valence-corrected chi connectivity index (χ4v) is 3.94. The van der Waals surface area contributed by atoms with Crippen LogP contribution in [-0.4, -0.2) is 15.0 Å². The zero-order chi connectivity index (χ0) is 17.1. The Labute approximate surface area is 152 Å². The first kappa shape index (κ1) is 17.2. The maximum atomic E-state index is 6.38. The van der Waals surface area contributed by atoms with E-state index in [2.05, 4.69) is 28.8 Å². The summed E-state index contributed by atoms with van der Waals surface area (Å²) in [5.74, 6) is 0.789. The second-order valence-corrected chi connectivity index (χ2v) is 6.96. The maximum Gasteiger partial charge on any atom is 0.110 e. The average Bonchev–Trinajstić information content (AvgIpc) is 3.06. The van der Waals surface area contributed by atoms with Gasteiger partial charge in [0.25, 0.3) is 0 Å². The molecule has 0 fully saturated rings. The Morgan fingerprint density at radius 2 is 1.92 bits per heavy atom. The first-order valence-electron chi connectivity index (χ1n) is 8.35. The third-order valence-corrected chi connectivity index (χ3v) is 5.33. The van der Waals surface area contributed by atoms with Crippen LogP contribution in [0.15, 0.2) is 36.8 Å². The highest BCUT2D eigenvalue weighted by Gasteiger charge is 2.25. The molecule has 126 valence electrons. The van der Waals surface area contributed by atoms with Crippen molar-refractivity contribution in [3.8, 4) is 0 Å². The van der Waals surface area contributed by atoms with Crippen LogP contribution in [0.3, 0.4) is 0 Å². The molecule has 2 atom stereocenters. The van der Waals surface area contributed by atoms with Crippen LogP contribution in [0.1, 0.15) is 43.9 Å². The van der Waals surface area contributed by atoms with Crippen molar-refractivity contribution >= 4 is 34.2 Å². The van der Waals surface area contributed by atoms with E-state index in [0.29, 0.717) is 16.9 Å². The van der Waals surface area contributed by atoms with Crippen LogP contribution in [-0.2, 0) is 6.42 Å². The quantitative estimate of drug-likeness (QED) is 0.582. The van der Waals surface area contributed by atoms with Gasteiger partial charge in [0.15, 0.2) is 0 Å². The maximum absolute atomic E-state index is 6.38. The van der Waals surface area contributed by atoms with Gasteiger partial charge in [-0.15, -0.1) is 0 Å². The van der Waals surface area contributed by atoms with Crippen LogP contribution >= 0.6 is 23.2 Å². The molecule has 1 N–H and O–H groups in total. The monoisotopic (exact) mass is 361 g/mol. The van der Waals surface area contributed by atoms with Gasteiger partial charge in [-0.2, -0.15) is 0 Å². The lowest BCUT2D eigenvalue weighted by Gasteiger charge is -2.25. The zero-order valence-corrected chi connectivity index (χ0v) is 15.4. The van der Waals surface area contributed by atoms with Crippen LogP contribution in [0.25, 0.3) is 11.0 Å². The molecular formula is C19H21Cl2N3. The molecule has 2 heterocycles. The normalized spacial score (nSPS) is 14.0. The highest BCUT2D eigenvalue weighted by atomic mass is 35.5. The Balaban J connectivity index is 1.94. The Hall–Kier alpha value is -1.58. The Kier molecular flexibility index (Phi) is 5.42. The summed E-state index contributed by atoms with van der Waals surface area (Å²) >= 11 is 12.4. The molecule has 0 aliphatic heterocycles. The summed E-state index contributed by atoms with van der Waals surface area (Å²) in [6.07, 6.45) is 6.58. The van der Waals surface area contributed by atoms with Gasteiger partial charge in [0.05, 0.1) is 17.5 Å². The minimum Gasteiger partial charge on any atom is -0.344 e. The Morgan fingerprint density at radius 3 is 2.62 bits per heavy atom. The third-order valence-electron chi connectivity index (χ3n) is 4.75. The third kappa shape index (κ3) is 3.42. The minimum atomic E-state index is 0.341. The number of aromatic nitrogens is 3. The van der Waals surface area contributed by atoms with Crippen LogP contribution in [0.4, 0.5) is 0 Å². The van der Waals surface area contributed by atoms with Gasteiger partial charge in [-0.3, -0.25) is 4.98 Å². The van der Waals surface area contributed by atoms with Crippen molar-refractivity contribution in [2.24, 2.45) is 5.92 Å². The summed E-state index contributed by atoms with van der Waals surface area (Å²) in [5.41, 5.74) is 4.23. The summed E-state index contributed by atoms with van der Waals surface area (Å²) in [6.45, 7) is 4.44. The van der Waals surface area contributed by atoms with Crippen LogP contribution < -0.4 is 0 Å². The van der Waals surface area contributed by atoms with Crippen LogP contribution in [0, 0.1) is 5.92 Å². The number of fused-ring (bicyclic) bond motifs is 1. The van der Waals surface area contributed by atoms with E-state index in [1.807, 2.05) is 30.5 Å². The van der Waals surface area contributed by atoms with E-state index >= 15 is 0 Å². The van der Waals surface area contributed by atoms with E-state index in [1.165, 1.54) is 0 Å². The van der Waals surface area contributed by atoms with Crippen molar-refractivity contribution in [1.29, 1.82) is 0 Å². The van der Waals surface area contributed by atoms with Crippen LogP contribution in [0.5, 0.6) is 0 Å². The first-order valence-corrected chi connectivity index (χ1v) is 9.11. The van der Waals surface area contributed by atoms with E-state index in [9.17, 15) is 0 Å². The number of pyridine rings is 1. The fourth-order valence-electron chi connectivity index (χ4n) is 3.45. The SMILES string of the molecule is CCC(Cc1ccc(Cl)cc1Cl)C(CC)c1nccc2[nH]cnc12. The summed E-state index contributed by atoms with van der Waals surface area (Å²) in [5, 5.41) is 1.41. The molecule has 2 unspecified atom stereocenters. The predicted octanol–water partition coefficient (Wildman–Crippen LogP) is 6.03. The number of hydrogen-bond donors (Lipinski definition) is 1. The van der Waals surface area contributed by atoms with Crippen molar-refractivity contribution in [2.75, 3.05) is 0 Å². The van der Waals surface area contributed by atoms with Crippen molar-refractivity contribution in [2.45, 2.75) is 39.0 Å². The van der Waals surface area contributed by atoms with E-state index < -0.39 is 0 Å². The van der Waals surface area contributed by atoms with Gasteiger partial charge in [-0.1, -0.05) is 49.5 Å². The predicted molar refractivity (Wildman–Crippen MR) is 101 cm³/mol. The molecule has 0 aliphatic carbocycles. The molecule has 5 heteroatoms. The highest BCUT2D eigenvalue weighted by molar-refractivity contribution is 6.35. The molecule has 3 aromatic rings. The molecule has 3 nitrogen and oxygen atoms in total. The van der Waals surface area contributed by atoms with E-state index in [-0.39, 0.29) is 0 Å². The second kappa shape index (κ2) is 7.54.